The van der Waals surface area contributed by atoms with Gasteiger partial charge in [-0.05, 0) is 0 Å². The highest BCUT2D eigenvalue weighted by atomic mass is 32.1. The number of carbonyl (C=O) groups is 2. The molecule has 0 atom stereocenters. The van der Waals surface area contributed by atoms with Crippen LogP contribution in [0.2, 0.25) is 0 Å². The van der Waals surface area contributed by atoms with Crippen molar-refractivity contribution in [3.63, 3.8) is 0 Å². The van der Waals surface area contributed by atoms with Crippen LogP contribution in [-0.2, 0) is 0 Å². The van der Waals surface area contributed by atoms with Gasteiger partial charge in [0.2, 0.25) is 0 Å². The van der Waals surface area contributed by atoms with Crippen molar-refractivity contribution in [3.05, 3.63) is 15.8 Å². The first-order valence-corrected chi connectivity index (χ1v) is 3.75. The Labute approximate surface area is 67.3 Å². The van der Waals surface area contributed by atoms with E-state index in [0.717, 1.165) is 11.3 Å². The van der Waals surface area contributed by atoms with Gasteiger partial charge in [-0.2, -0.15) is 0 Å². The molecule has 0 saturated heterocycles. The van der Waals surface area contributed by atoms with Gasteiger partial charge < -0.3 is 5.11 Å². The van der Waals surface area contributed by atoms with E-state index in [2.05, 4.69) is 0 Å². The molecule has 0 aliphatic heterocycles. The Balaban J connectivity index is 3.16. The summed E-state index contributed by atoms with van der Waals surface area (Å²) in [7, 11) is 0. The Morgan fingerprint density at radius 3 is 2.64 bits per heavy atom. The van der Waals surface area contributed by atoms with E-state index in [1.54, 1.807) is 0 Å². The summed E-state index contributed by atoms with van der Waals surface area (Å²) in [4.78, 5) is 21.5. The number of ketones is 1. The maximum Gasteiger partial charge on any atom is 0.173 e. The molecule has 0 saturated carbocycles. The van der Waals surface area contributed by atoms with Crippen LogP contribution in [0.5, 0.6) is 5.75 Å². The summed E-state index contributed by atoms with van der Waals surface area (Å²) in [5.41, 5.74) is 0. The molecule has 1 aromatic heterocycles. The molecule has 0 radical (unpaired) electrons. The maximum atomic E-state index is 10.7. The molecule has 0 fully saturated rings. The van der Waals surface area contributed by atoms with Crippen molar-refractivity contribution < 1.29 is 14.7 Å². The first-order valence-electron chi connectivity index (χ1n) is 2.94. The second-order valence-corrected chi connectivity index (χ2v) is 3.12. The fraction of sp³-hybridized carbons (Fsp3) is 0.143. The number of hydrogen-bond donors (Lipinski definition) is 1. The second-order valence-electron chi connectivity index (χ2n) is 2.04. The average Bonchev–Trinajstić information content (AvgIpc) is 2.30. The predicted octanol–water partition coefficient (Wildman–Crippen LogP) is 1.47. The number of hydrogen-bond acceptors (Lipinski definition) is 4. The molecule has 1 rings (SSSR count). The van der Waals surface area contributed by atoms with Crippen LogP contribution in [0.4, 0.5) is 0 Å². The molecule has 58 valence electrons. The van der Waals surface area contributed by atoms with Crippen LogP contribution in [0.3, 0.4) is 0 Å². The van der Waals surface area contributed by atoms with E-state index >= 15 is 0 Å². The van der Waals surface area contributed by atoms with Gasteiger partial charge in [-0.3, -0.25) is 9.59 Å². The van der Waals surface area contributed by atoms with Gasteiger partial charge in [0, 0.05) is 13.0 Å². The molecule has 0 bridgehead atoms. The number of Topliss-reactive ketones (excluding diaryl/α,β-unsaturated/α-hetero) is 1. The molecule has 0 aliphatic rings. The van der Waals surface area contributed by atoms with Crippen molar-refractivity contribution in [2.45, 2.75) is 6.92 Å². The van der Waals surface area contributed by atoms with Gasteiger partial charge in [0.05, 0.1) is 4.88 Å². The standard InChI is InChI=1S/C7H6O3S/c1-4(9)7-6(10)2-5(3-8)11-7/h2-3,10H,1H3. The fourth-order valence-electron chi connectivity index (χ4n) is 0.710. The quantitative estimate of drug-likeness (QED) is 0.540. The normalized spacial score (nSPS) is 9.55. The summed E-state index contributed by atoms with van der Waals surface area (Å²) in [6.07, 6.45) is 0.608. The maximum absolute atomic E-state index is 10.7. The molecule has 0 amide bonds. The van der Waals surface area contributed by atoms with Crippen LogP contribution < -0.4 is 0 Å². The predicted molar refractivity (Wildman–Crippen MR) is 41.4 cm³/mol. The highest BCUT2D eigenvalue weighted by Crippen LogP contribution is 2.27. The SMILES string of the molecule is CC(=O)c1sc(C=O)cc1O. The van der Waals surface area contributed by atoms with Crippen LogP contribution in [0.1, 0.15) is 26.3 Å². The van der Waals surface area contributed by atoms with Crippen LogP contribution in [0.25, 0.3) is 0 Å². The Morgan fingerprint density at radius 1 is 1.73 bits per heavy atom. The van der Waals surface area contributed by atoms with E-state index in [1.165, 1.54) is 13.0 Å². The third-order valence-corrected chi connectivity index (χ3v) is 2.32. The van der Waals surface area contributed by atoms with E-state index in [0.29, 0.717) is 11.2 Å². The summed E-state index contributed by atoms with van der Waals surface area (Å²) in [5.74, 6) is -0.329. The van der Waals surface area contributed by atoms with E-state index in [4.69, 9.17) is 5.11 Å². The summed E-state index contributed by atoms with van der Waals surface area (Å²) in [6.45, 7) is 1.35. The molecule has 1 heterocycles. The summed E-state index contributed by atoms with van der Waals surface area (Å²) >= 11 is 1.000. The molecule has 4 heteroatoms. The van der Waals surface area contributed by atoms with Gasteiger partial charge in [0.1, 0.15) is 10.6 Å². The third kappa shape index (κ3) is 1.46. The zero-order chi connectivity index (χ0) is 8.43. The lowest BCUT2D eigenvalue weighted by molar-refractivity contribution is 0.101. The summed E-state index contributed by atoms with van der Waals surface area (Å²) in [5, 5.41) is 9.06. The molecule has 0 unspecified atom stereocenters. The van der Waals surface area contributed by atoms with Gasteiger partial charge >= 0.3 is 0 Å². The molecule has 1 N–H and O–H groups in total. The van der Waals surface area contributed by atoms with E-state index < -0.39 is 0 Å². The Kier molecular flexibility index (Phi) is 2.05. The van der Waals surface area contributed by atoms with Gasteiger partial charge in [-0.25, -0.2) is 0 Å². The Morgan fingerprint density at radius 2 is 2.36 bits per heavy atom. The molecule has 11 heavy (non-hydrogen) atoms. The topological polar surface area (TPSA) is 54.4 Å². The van der Waals surface area contributed by atoms with E-state index in [1.807, 2.05) is 0 Å². The zero-order valence-electron chi connectivity index (χ0n) is 5.83. The Bertz CT molecular complexity index is 301. The van der Waals surface area contributed by atoms with Crippen LogP contribution in [0.15, 0.2) is 6.07 Å². The molecular weight excluding hydrogens is 164 g/mol. The number of aromatic hydroxyl groups is 1. The number of thiophene rings is 1. The number of rotatable bonds is 2. The minimum Gasteiger partial charge on any atom is -0.506 e. The lowest BCUT2D eigenvalue weighted by Crippen LogP contribution is -1.85. The molecule has 1 aromatic rings. The van der Waals surface area contributed by atoms with Crippen molar-refractivity contribution in [3.8, 4) is 5.75 Å². The van der Waals surface area contributed by atoms with Gasteiger partial charge in [-0.1, -0.05) is 0 Å². The highest BCUT2D eigenvalue weighted by molar-refractivity contribution is 7.16. The van der Waals surface area contributed by atoms with E-state index in [-0.39, 0.29) is 16.4 Å². The first-order chi connectivity index (χ1) is 5.15. The monoisotopic (exact) mass is 170 g/mol. The van der Waals surface area contributed by atoms with Crippen molar-refractivity contribution in [1.29, 1.82) is 0 Å². The second kappa shape index (κ2) is 2.84. The van der Waals surface area contributed by atoms with Crippen molar-refractivity contribution in [2.24, 2.45) is 0 Å². The fourth-order valence-corrected chi connectivity index (χ4v) is 1.47. The molecule has 0 aliphatic carbocycles. The first kappa shape index (κ1) is 7.94. The van der Waals surface area contributed by atoms with Gasteiger partial charge in [0.25, 0.3) is 0 Å². The molecular formula is C7H6O3S. The summed E-state index contributed by atoms with van der Waals surface area (Å²) in [6, 6.07) is 1.29. The molecule has 0 aromatic carbocycles. The minimum atomic E-state index is -0.222. The highest BCUT2D eigenvalue weighted by Gasteiger charge is 2.10. The van der Waals surface area contributed by atoms with Crippen molar-refractivity contribution in [2.75, 3.05) is 0 Å². The largest absolute Gasteiger partial charge is 0.506 e. The summed E-state index contributed by atoms with van der Waals surface area (Å²) < 4.78 is 0. The van der Waals surface area contributed by atoms with Crippen LogP contribution in [0, 0.1) is 0 Å². The van der Waals surface area contributed by atoms with Crippen molar-refractivity contribution >= 4 is 23.4 Å². The average molecular weight is 170 g/mol. The van der Waals surface area contributed by atoms with Gasteiger partial charge in [0.15, 0.2) is 12.1 Å². The zero-order valence-corrected chi connectivity index (χ0v) is 6.64. The number of carbonyl (C=O) groups excluding carboxylic acids is 2. The molecule has 3 nitrogen and oxygen atoms in total. The van der Waals surface area contributed by atoms with E-state index in [9.17, 15) is 9.59 Å². The van der Waals surface area contributed by atoms with Crippen LogP contribution >= 0.6 is 11.3 Å². The lowest BCUT2D eigenvalue weighted by atomic mass is 10.3. The third-order valence-electron chi connectivity index (χ3n) is 1.17. The van der Waals surface area contributed by atoms with Crippen molar-refractivity contribution in [1.82, 2.24) is 0 Å². The van der Waals surface area contributed by atoms with Gasteiger partial charge in [-0.15, -0.1) is 11.3 Å². The number of aldehydes is 1. The van der Waals surface area contributed by atoms with Crippen LogP contribution in [-0.4, -0.2) is 17.2 Å². The molecule has 0 spiro atoms. The lowest BCUT2D eigenvalue weighted by Gasteiger charge is -1.86. The minimum absolute atomic E-state index is 0.107. The Hall–Kier alpha value is -1.16. The smallest absolute Gasteiger partial charge is 0.173 e.